The predicted octanol–water partition coefficient (Wildman–Crippen LogP) is 6.54. The van der Waals surface area contributed by atoms with Crippen molar-refractivity contribution in [2.75, 3.05) is 0 Å². The lowest BCUT2D eigenvalue weighted by Gasteiger charge is -2.11. The molecule has 1 nitrogen and oxygen atoms in total. The summed E-state index contributed by atoms with van der Waals surface area (Å²) < 4.78 is 0.824. The Morgan fingerprint density at radius 1 is 0.821 bits per heavy atom. The fraction of sp³-hybridized carbons (Fsp3) is 0.0385. The van der Waals surface area contributed by atoms with Gasteiger partial charge in [-0.3, -0.25) is 4.79 Å². The topological polar surface area (TPSA) is 17.1 Å². The summed E-state index contributed by atoms with van der Waals surface area (Å²) in [5.41, 5.74) is 4.12. The molecule has 0 radical (unpaired) electrons. The Labute approximate surface area is 173 Å². The van der Waals surface area contributed by atoms with Crippen LogP contribution in [0.3, 0.4) is 0 Å². The lowest BCUT2D eigenvalue weighted by Crippen LogP contribution is -2.06. The second-order valence-corrected chi connectivity index (χ2v) is 7.50. The largest absolute Gasteiger partial charge is 0.289 e. The first kappa shape index (κ1) is 18.2. The van der Waals surface area contributed by atoms with E-state index in [9.17, 15) is 4.79 Å². The van der Waals surface area contributed by atoms with Crippen LogP contribution < -0.4 is 0 Å². The molecular formula is C26H17BrO. The van der Waals surface area contributed by atoms with Crippen LogP contribution in [-0.4, -0.2) is 5.78 Å². The first-order valence-electron chi connectivity index (χ1n) is 9.03. The van der Waals surface area contributed by atoms with Gasteiger partial charge in [0.1, 0.15) is 0 Å². The number of benzene rings is 4. The fourth-order valence-electron chi connectivity index (χ4n) is 3.18. The highest BCUT2D eigenvalue weighted by Gasteiger charge is 2.19. The second kappa shape index (κ2) is 7.84. The molecular weight excluding hydrogens is 408 g/mol. The van der Waals surface area contributed by atoms with Gasteiger partial charge in [-0.05, 0) is 51.8 Å². The van der Waals surface area contributed by atoms with E-state index >= 15 is 0 Å². The highest BCUT2D eigenvalue weighted by molar-refractivity contribution is 9.10. The molecule has 0 N–H and O–H groups in total. The minimum absolute atomic E-state index is 0.0219. The average Bonchev–Trinajstić information content (AvgIpc) is 2.73. The van der Waals surface area contributed by atoms with E-state index in [4.69, 9.17) is 0 Å². The highest BCUT2D eigenvalue weighted by atomic mass is 79.9. The molecule has 0 fully saturated rings. The molecule has 0 aromatic heterocycles. The SMILES string of the molecule is Cc1ccc(C#Cc2c(Br)cc3ccccc3c2C(=O)c2ccccc2)cc1. The lowest BCUT2D eigenvalue weighted by atomic mass is 9.92. The van der Waals surface area contributed by atoms with E-state index in [0.717, 1.165) is 20.8 Å². The van der Waals surface area contributed by atoms with E-state index in [1.807, 2.05) is 91.9 Å². The number of rotatable bonds is 2. The molecule has 4 aromatic carbocycles. The van der Waals surface area contributed by atoms with Crippen molar-refractivity contribution in [2.24, 2.45) is 0 Å². The molecule has 134 valence electrons. The predicted molar refractivity (Wildman–Crippen MR) is 119 cm³/mol. The summed E-state index contributed by atoms with van der Waals surface area (Å²) in [6, 6.07) is 27.4. The molecule has 0 spiro atoms. The number of hydrogen-bond acceptors (Lipinski definition) is 1. The van der Waals surface area contributed by atoms with Gasteiger partial charge in [-0.1, -0.05) is 84.1 Å². The maximum atomic E-state index is 13.4. The molecule has 0 aliphatic rings. The molecule has 0 aliphatic heterocycles. The summed E-state index contributed by atoms with van der Waals surface area (Å²) in [4.78, 5) is 13.4. The van der Waals surface area contributed by atoms with Crippen molar-refractivity contribution in [1.82, 2.24) is 0 Å². The van der Waals surface area contributed by atoms with Gasteiger partial charge in [-0.2, -0.15) is 0 Å². The number of carbonyl (C=O) groups excluding carboxylic acids is 1. The Hall–Kier alpha value is -3.15. The molecule has 4 aromatic rings. The van der Waals surface area contributed by atoms with Crippen molar-refractivity contribution >= 4 is 32.5 Å². The van der Waals surface area contributed by atoms with Gasteiger partial charge in [0, 0.05) is 21.2 Å². The van der Waals surface area contributed by atoms with Crippen LogP contribution in [0.15, 0.2) is 89.4 Å². The van der Waals surface area contributed by atoms with Crippen molar-refractivity contribution in [3.8, 4) is 11.8 Å². The van der Waals surface area contributed by atoms with Gasteiger partial charge in [0.25, 0.3) is 0 Å². The third kappa shape index (κ3) is 3.63. The summed E-state index contributed by atoms with van der Waals surface area (Å²) in [6.45, 7) is 2.05. The maximum Gasteiger partial charge on any atom is 0.194 e. The molecule has 28 heavy (non-hydrogen) atoms. The summed E-state index contributed by atoms with van der Waals surface area (Å²) in [7, 11) is 0. The van der Waals surface area contributed by atoms with E-state index in [-0.39, 0.29) is 5.78 Å². The molecule has 4 rings (SSSR count). The summed E-state index contributed by atoms with van der Waals surface area (Å²) >= 11 is 3.64. The third-order valence-electron chi connectivity index (χ3n) is 4.65. The minimum atomic E-state index is -0.0219. The smallest absolute Gasteiger partial charge is 0.194 e. The van der Waals surface area contributed by atoms with Gasteiger partial charge >= 0.3 is 0 Å². The minimum Gasteiger partial charge on any atom is -0.289 e. The summed E-state index contributed by atoms with van der Waals surface area (Å²) in [5, 5.41) is 1.92. The van der Waals surface area contributed by atoms with Gasteiger partial charge in [0.15, 0.2) is 5.78 Å². The van der Waals surface area contributed by atoms with E-state index in [1.165, 1.54) is 5.56 Å². The van der Waals surface area contributed by atoms with Crippen LogP contribution in [-0.2, 0) is 0 Å². The van der Waals surface area contributed by atoms with Gasteiger partial charge in [-0.15, -0.1) is 0 Å². The van der Waals surface area contributed by atoms with Crippen LogP contribution in [0.1, 0.15) is 32.6 Å². The zero-order valence-corrected chi connectivity index (χ0v) is 17.0. The number of hydrogen-bond donors (Lipinski definition) is 0. The van der Waals surface area contributed by atoms with Gasteiger partial charge < -0.3 is 0 Å². The standard InChI is InChI=1S/C26H17BrO/c1-18-11-13-19(14-12-18)15-16-23-24(27)17-21-9-5-6-10-22(21)25(23)26(28)20-7-3-2-4-8-20/h2-14,17H,1H3. The lowest BCUT2D eigenvalue weighted by molar-refractivity contribution is 0.104. The normalized spacial score (nSPS) is 10.4. The van der Waals surface area contributed by atoms with Crippen LogP contribution in [0.2, 0.25) is 0 Å². The van der Waals surface area contributed by atoms with E-state index in [1.54, 1.807) is 0 Å². The molecule has 2 heteroatoms. The van der Waals surface area contributed by atoms with Crippen LogP contribution >= 0.6 is 15.9 Å². The molecule has 0 heterocycles. The number of aryl methyl sites for hydroxylation is 1. The molecule has 0 unspecified atom stereocenters. The molecule has 0 atom stereocenters. The second-order valence-electron chi connectivity index (χ2n) is 6.64. The van der Waals surface area contributed by atoms with Crippen LogP contribution in [0, 0.1) is 18.8 Å². The monoisotopic (exact) mass is 424 g/mol. The van der Waals surface area contributed by atoms with Crippen molar-refractivity contribution in [3.05, 3.63) is 117 Å². The van der Waals surface area contributed by atoms with E-state index in [2.05, 4.69) is 27.8 Å². The van der Waals surface area contributed by atoms with Gasteiger partial charge in [0.05, 0.1) is 5.56 Å². The quantitative estimate of drug-likeness (QED) is 0.263. The molecule has 0 saturated heterocycles. The fourth-order valence-corrected chi connectivity index (χ4v) is 3.72. The number of fused-ring (bicyclic) bond motifs is 1. The summed E-state index contributed by atoms with van der Waals surface area (Å²) in [5.74, 6) is 6.43. The molecule has 0 saturated carbocycles. The number of ketones is 1. The van der Waals surface area contributed by atoms with Gasteiger partial charge in [-0.25, -0.2) is 0 Å². The zero-order valence-electron chi connectivity index (χ0n) is 15.4. The number of halogens is 1. The first-order valence-corrected chi connectivity index (χ1v) is 9.82. The maximum absolute atomic E-state index is 13.4. The third-order valence-corrected chi connectivity index (χ3v) is 5.27. The van der Waals surface area contributed by atoms with Crippen LogP contribution in [0.25, 0.3) is 10.8 Å². The van der Waals surface area contributed by atoms with E-state index < -0.39 is 0 Å². The number of carbonyl (C=O) groups is 1. The Morgan fingerprint density at radius 2 is 1.50 bits per heavy atom. The van der Waals surface area contributed by atoms with Crippen molar-refractivity contribution < 1.29 is 4.79 Å². The molecule has 0 amide bonds. The Balaban J connectivity index is 1.94. The summed E-state index contributed by atoms with van der Waals surface area (Å²) in [6.07, 6.45) is 0. The Morgan fingerprint density at radius 3 is 2.25 bits per heavy atom. The first-order chi connectivity index (χ1) is 13.6. The van der Waals surface area contributed by atoms with Crippen LogP contribution in [0.4, 0.5) is 0 Å². The van der Waals surface area contributed by atoms with Crippen molar-refractivity contribution in [2.45, 2.75) is 6.92 Å². The van der Waals surface area contributed by atoms with Gasteiger partial charge in [0.2, 0.25) is 0 Å². The molecule has 0 bridgehead atoms. The Bertz CT molecular complexity index is 1230. The van der Waals surface area contributed by atoms with Crippen LogP contribution in [0.5, 0.6) is 0 Å². The van der Waals surface area contributed by atoms with E-state index in [0.29, 0.717) is 16.7 Å². The average molecular weight is 425 g/mol. The van der Waals surface area contributed by atoms with Crippen molar-refractivity contribution in [3.63, 3.8) is 0 Å². The van der Waals surface area contributed by atoms with Crippen molar-refractivity contribution in [1.29, 1.82) is 0 Å². The highest BCUT2D eigenvalue weighted by Crippen LogP contribution is 2.31. The Kier molecular flexibility index (Phi) is 5.10. The molecule has 0 aliphatic carbocycles. The zero-order chi connectivity index (χ0) is 19.5.